The van der Waals surface area contributed by atoms with Gasteiger partial charge in [0.15, 0.2) is 5.75 Å². The van der Waals surface area contributed by atoms with Crippen molar-refractivity contribution >= 4 is 23.0 Å². The summed E-state index contributed by atoms with van der Waals surface area (Å²) in [6.45, 7) is 6.32. The summed E-state index contributed by atoms with van der Waals surface area (Å²) in [5.74, 6) is 0.130. The molecule has 0 spiro atoms. The zero-order valence-corrected chi connectivity index (χ0v) is 17.6. The van der Waals surface area contributed by atoms with Crippen molar-refractivity contribution in [2.24, 2.45) is 11.3 Å². The highest BCUT2D eigenvalue weighted by atomic mass is 16.3. The topological polar surface area (TPSA) is 98.7 Å². The van der Waals surface area contributed by atoms with E-state index in [9.17, 15) is 19.5 Å². The molecule has 1 aliphatic carbocycles. The van der Waals surface area contributed by atoms with Gasteiger partial charge in [-0.25, -0.2) is 0 Å². The van der Waals surface area contributed by atoms with E-state index in [1.165, 1.54) is 23.8 Å². The fraction of sp³-hybridized carbons (Fsp3) is 0.500. The number of nitrogens with one attached hydrogen (secondary N) is 2. The number of para-hydroxylation sites is 1. The minimum absolute atomic E-state index is 0.0119. The maximum atomic E-state index is 12.2. The molecule has 1 atom stereocenters. The van der Waals surface area contributed by atoms with Gasteiger partial charge in [-0.3, -0.25) is 14.4 Å². The third-order valence-corrected chi connectivity index (χ3v) is 5.89. The molecule has 2 aromatic rings. The van der Waals surface area contributed by atoms with Crippen molar-refractivity contribution in [2.45, 2.75) is 46.1 Å². The summed E-state index contributed by atoms with van der Waals surface area (Å²) >= 11 is 0. The van der Waals surface area contributed by atoms with Gasteiger partial charge in [0, 0.05) is 20.1 Å². The van der Waals surface area contributed by atoms with Crippen LogP contribution in [-0.2, 0) is 0 Å². The quantitative estimate of drug-likeness (QED) is 0.466. The van der Waals surface area contributed by atoms with Crippen molar-refractivity contribution in [3.05, 3.63) is 44.2 Å². The Balaban J connectivity index is 1.82. The first-order chi connectivity index (χ1) is 13.5. The normalized spacial score (nSPS) is 15.2. The molecule has 29 heavy (non-hydrogen) atoms. The van der Waals surface area contributed by atoms with Crippen molar-refractivity contribution in [1.29, 1.82) is 0 Å². The number of anilines is 3. The zero-order valence-electron chi connectivity index (χ0n) is 17.6. The Labute approximate surface area is 170 Å². The molecule has 2 aromatic carbocycles. The molecule has 3 N–H and O–H groups in total. The Hall–Kier alpha value is -2.83. The molecule has 0 aromatic heterocycles. The SMILES string of the molecule is CC(Nc1c(Nc2cccc(C(=O)N(C)C)c2O)c(=O)c1=O)C(C)(C)CC1CC1. The lowest BCUT2D eigenvalue weighted by Gasteiger charge is -2.34. The summed E-state index contributed by atoms with van der Waals surface area (Å²) in [4.78, 5) is 37.9. The number of benzene rings is 1. The summed E-state index contributed by atoms with van der Waals surface area (Å²) in [6.07, 6.45) is 3.57. The maximum Gasteiger partial charge on any atom is 0.257 e. The van der Waals surface area contributed by atoms with Gasteiger partial charge in [-0.2, -0.15) is 0 Å². The van der Waals surface area contributed by atoms with Gasteiger partial charge in [0.05, 0.1) is 11.3 Å². The Morgan fingerprint density at radius 2 is 1.83 bits per heavy atom. The molecule has 1 saturated carbocycles. The van der Waals surface area contributed by atoms with Crippen molar-refractivity contribution in [1.82, 2.24) is 4.90 Å². The second-order valence-corrected chi connectivity index (χ2v) is 8.94. The smallest absolute Gasteiger partial charge is 0.257 e. The number of hydrogen-bond donors (Lipinski definition) is 3. The van der Waals surface area contributed by atoms with E-state index in [1.807, 2.05) is 6.92 Å². The van der Waals surface area contributed by atoms with Crippen molar-refractivity contribution in [3.63, 3.8) is 0 Å². The van der Waals surface area contributed by atoms with Crippen molar-refractivity contribution < 1.29 is 9.90 Å². The first-order valence-corrected chi connectivity index (χ1v) is 9.93. The third-order valence-electron chi connectivity index (χ3n) is 5.89. The number of phenols is 1. The molecule has 0 radical (unpaired) electrons. The number of carbonyl (C=O) groups excluding carboxylic acids is 1. The van der Waals surface area contributed by atoms with Crippen molar-refractivity contribution in [2.75, 3.05) is 24.7 Å². The minimum atomic E-state index is -0.636. The lowest BCUT2D eigenvalue weighted by molar-refractivity contribution is 0.0824. The summed E-state index contributed by atoms with van der Waals surface area (Å²) in [6, 6.07) is 4.66. The molecular formula is C22H29N3O4. The fourth-order valence-electron chi connectivity index (χ4n) is 3.50. The second kappa shape index (κ2) is 7.54. The fourth-order valence-corrected chi connectivity index (χ4v) is 3.50. The van der Waals surface area contributed by atoms with E-state index < -0.39 is 10.9 Å². The molecule has 7 nitrogen and oxygen atoms in total. The molecule has 0 bridgehead atoms. The summed E-state index contributed by atoms with van der Waals surface area (Å²) in [7, 11) is 3.18. The summed E-state index contributed by atoms with van der Waals surface area (Å²) in [5.41, 5.74) is -0.558. The van der Waals surface area contributed by atoms with E-state index in [0.29, 0.717) is 0 Å². The largest absolute Gasteiger partial charge is 0.505 e. The average molecular weight is 399 g/mol. The molecule has 1 amide bonds. The van der Waals surface area contributed by atoms with E-state index in [0.717, 1.165) is 12.3 Å². The van der Waals surface area contributed by atoms with E-state index in [2.05, 4.69) is 24.5 Å². The van der Waals surface area contributed by atoms with Crippen LogP contribution in [0.4, 0.5) is 17.1 Å². The molecule has 3 rings (SSSR count). The molecule has 156 valence electrons. The predicted molar refractivity (Wildman–Crippen MR) is 115 cm³/mol. The van der Waals surface area contributed by atoms with Crippen LogP contribution in [0.2, 0.25) is 0 Å². The second-order valence-electron chi connectivity index (χ2n) is 8.94. The molecule has 1 fully saturated rings. The van der Waals surface area contributed by atoms with Gasteiger partial charge in [-0.1, -0.05) is 32.8 Å². The van der Waals surface area contributed by atoms with E-state index in [4.69, 9.17) is 0 Å². The van der Waals surface area contributed by atoms with Crippen LogP contribution in [0.3, 0.4) is 0 Å². The maximum absolute atomic E-state index is 12.2. The van der Waals surface area contributed by atoms with E-state index in [1.54, 1.807) is 26.2 Å². The van der Waals surface area contributed by atoms with Gasteiger partial charge in [0.25, 0.3) is 16.8 Å². The number of amides is 1. The Kier molecular flexibility index (Phi) is 5.43. The average Bonchev–Trinajstić information content (AvgIpc) is 3.47. The van der Waals surface area contributed by atoms with Crippen LogP contribution in [0.15, 0.2) is 27.8 Å². The number of nitrogens with zero attached hydrogens (tertiary/aromatic N) is 1. The van der Waals surface area contributed by atoms with Gasteiger partial charge >= 0.3 is 0 Å². The highest BCUT2D eigenvalue weighted by Gasteiger charge is 2.35. The molecule has 1 aliphatic rings. The minimum Gasteiger partial charge on any atom is -0.505 e. The van der Waals surface area contributed by atoms with Crippen LogP contribution in [0.25, 0.3) is 0 Å². The third kappa shape index (κ3) is 4.13. The Morgan fingerprint density at radius 3 is 2.41 bits per heavy atom. The lowest BCUT2D eigenvalue weighted by atomic mass is 9.80. The molecular weight excluding hydrogens is 370 g/mol. The highest BCUT2D eigenvalue weighted by Crippen LogP contribution is 2.42. The highest BCUT2D eigenvalue weighted by molar-refractivity contribution is 5.99. The number of carbonyl (C=O) groups is 1. The van der Waals surface area contributed by atoms with Crippen LogP contribution >= 0.6 is 0 Å². The summed E-state index contributed by atoms with van der Waals surface area (Å²) in [5, 5.41) is 16.5. The van der Waals surface area contributed by atoms with Gasteiger partial charge < -0.3 is 20.6 Å². The monoisotopic (exact) mass is 399 g/mol. The predicted octanol–water partition coefficient (Wildman–Crippen LogP) is 3.06. The molecule has 1 unspecified atom stereocenters. The van der Waals surface area contributed by atoms with Gasteiger partial charge in [-0.15, -0.1) is 0 Å². The van der Waals surface area contributed by atoms with Crippen LogP contribution in [0, 0.1) is 11.3 Å². The first kappa shape index (κ1) is 20.9. The molecule has 0 heterocycles. The van der Waals surface area contributed by atoms with Gasteiger partial charge in [0.1, 0.15) is 11.4 Å². The van der Waals surface area contributed by atoms with Crippen LogP contribution < -0.4 is 21.5 Å². The number of aromatic hydroxyl groups is 1. The van der Waals surface area contributed by atoms with Gasteiger partial charge in [0.2, 0.25) is 0 Å². The van der Waals surface area contributed by atoms with Gasteiger partial charge in [-0.05, 0) is 36.8 Å². The first-order valence-electron chi connectivity index (χ1n) is 9.93. The summed E-state index contributed by atoms with van der Waals surface area (Å²) < 4.78 is 0. The molecule has 0 aliphatic heterocycles. The lowest BCUT2D eigenvalue weighted by Crippen LogP contribution is -2.42. The van der Waals surface area contributed by atoms with Crippen LogP contribution in [-0.4, -0.2) is 36.1 Å². The van der Waals surface area contributed by atoms with E-state index in [-0.39, 0.29) is 45.7 Å². The Bertz CT molecular complexity index is 998. The standard InChI is InChI=1S/C22H29N3O4/c1-12(22(2,3)11-13-9-10-13)23-16-17(20(28)19(16)27)24-15-8-6-7-14(18(15)26)21(29)25(4)5/h6-8,12-13,23-24,26H,9-11H2,1-5H3. The zero-order chi connectivity index (χ0) is 21.5. The molecule has 7 heteroatoms. The van der Waals surface area contributed by atoms with Crippen LogP contribution in [0.1, 0.15) is 50.4 Å². The number of rotatable bonds is 8. The number of hydrogen-bond acceptors (Lipinski definition) is 6. The van der Waals surface area contributed by atoms with Crippen molar-refractivity contribution in [3.8, 4) is 5.75 Å². The van der Waals surface area contributed by atoms with Crippen LogP contribution in [0.5, 0.6) is 5.75 Å². The Morgan fingerprint density at radius 1 is 1.21 bits per heavy atom. The molecule has 0 saturated heterocycles. The number of phenolic OH excluding ortho intramolecular Hbond substituents is 1. The van der Waals surface area contributed by atoms with E-state index >= 15 is 0 Å².